The van der Waals surface area contributed by atoms with E-state index in [0.717, 1.165) is 17.5 Å². The molecule has 0 aliphatic heterocycles. The van der Waals surface area contributed by atoms with Crippen molar-refractivity contribution < 1.29 is 0 Å². The molecule has 0 unspecified atom stereocenters. The summed E-state index contributed by atoms with van der Waals surface area (Å²) in [7, 11) is 0. The Morgan fingerprint density at radius 3 is 1.83 bits per heavy atom. The zero-order chi connectivity index (χ0) is 44.2. The van der Waals surface area contributed by atoms with E-state index in [-0.39, 0.29) is 0 Å². The molecule has 1 nitrogen and oxygen atoms in total. The Kier molecular flexibility index (Phi) is 10.4. The Labute approximate surface area is 394 Å². The zero-order valence-corrected chi connectivity index (χ0v) is 38.7. The van der Waals surface area contributed by atoms with E-state index in [4.69, 9.17) is 0 Å². The van der Waals surface area contributed by atoms with E-state index in [1.54, 1.807) is 0 Å². The minimum Gasteiger partial charge on any atom is -0.310 e. The Balaban J connectivity index is 1.08. The second kappa shape index (κ2) is 16.9. The van der Waals surface area contributed by atoms with Crippen LogP contribution < -0.4 is 4.90 Å². The molecule has 0 radical (unpaired) electrons. The van der Waals surface area contributed by atoms with Gasteiger partial charge in [-0.05, 0) is 142 Å². The maximum atomic E-state index is 2.61. The van der Waals surface area contributed by atoms with Crippen molar-refractivity contribution in [3.63, 3.8) is 0 Å². The van der Waals surface area contributed by atoms with Gasteiger partial charge in [-0.15, -0.1) is 11.3 Å². The van der Waals surface area contributed by atoms with Gasteiger partial charge in [0.05, 0.1) is 11.1 Å². The molecule has 10 aromatic rings. The monoisotopic (exact) mass is 869 g/mol. The van der Waals surface area contributed by atoms with Crippen molar-refractivity contribution in [1.29, 1.82) is 0 Å². The van der Waals surface area contributed by atoms with Crippen molar-refractivity contribution in [3.05, 3.63) is 246 Å². The number of thiophene rings is 1. The van der Waals surface area contributed by atoms with Crippen LogP contribution in [0.25, 0.3) is 42.1 Å². The Bertz CT molecular complexity index is 3290. The molecule has 2 heteroatoms. The Morgan fingerprint density at radius 1 is 0.485 bits per heavy atom. The van der Waals surface area contributed by atoms with Gasteiger partial charge in [0, 0.05) is 36.9 Å². The van der Waals surface area contributed by atoms with E-state index < -0.39 is 5.41 Å². The van der Waals surface area contributed by atoms with Crippen molar-refractivity contribution in [3.8, 4) is 11.1 Å². The first-order valence-corrected chi connectivity index (χ1v) is 25.0. The fraction of sp³-hybridized carbons (Fsp3) is 0.188. The Hall–Kier alpha value is -6.74. The van der Waals surface area contributed by atoms with Crippen LogP contribution in [0.3, 0.4) is 0 Å². The number of hydrogen-bond acceptors (Lipinski definition) is 2. The maximum absolute atomic E-state index is 2.61. The predicted molar refractivity (Wildman–Crippen MR) is 282 cm³/mol. The molecular weight excluding hydrogens is 815 g/mol. The van der Waals surface area contributed by atoms with Crippen LogP contribution in [0.2, 0.25) is 0 Å². The molecule has 2 fully saturated rings. The highest BCUT2D eigenvalue weighted by atomic mass is 32.1. The molecule has 322 valence electrons. The van der Waals surface area contributed by atoms with Crippen LogP contribution in [-0.2, 0) is 5.41 Å². The van der Waals surface area contributed by atoms with Crippen molar-refractivity contribution in [2.45, 2.75) is 57.3 Å². The molecule has 0 saturated heterocycles. The molecule has 0 amide bonds. The maximum Gasteiger partial charge on any atom is 0.0706 e. The van der Waals surface area contributed by atoms with E-state index in [1.807, 2.05) is 11.3 Å². The predicted octanol–water partition coefficient (Wildman–Crippen LogP) is 18.0. The number of fused-ring (bicyclic) bond motifs is 6. The first-order chi connectivity index (χ1) is 32.5. The van der Waals surface area contributed by atoms with Crippen LogP contribution >= 0.6 is 11.3 Å². The number of rotatable bonds is 10. The average Bonchev–Trinajstić information content (AvgIpc) is 3.93. The molecule has 66 heavy (non-hydrogen) atoms. The van der Waals surface area contributed by atoms with E-state index in [2.05, 4.69) is 231 Å². The third-order valence-corrected chi connectivity index (χ3v) is 16.8. The first kappa shape index (κ1) is 40.7. The van der Waals surface area contributed by atoms with Gasteiger partial charge in [0.2, 0.25) is 0 Å². The largest absolute Gasteiger partial charge is 0.310 e. The van der Waals surface area contributed by atoms with E-state index in [9.17, 15) is 0 Å². The summed E-state index contributed by atoms with van der Waals surface area (Å²) >= 11 is 1.88. The topological polar surface area (TPSA) is 3.24 Å². The van der Waals surface area contributed by atoms with Gasteiger partial charge >= 0.3 is 0 Å². The molecule has 0 spiro atoms. The van der Waals surface area contributed by atoms with Gasteiger partial charge in [-0.1, -0.05) is 190 Å². The number of hydrogen-bond donors (Lipinski definition) is 0. The van der Waals surface area contributed by atoms with Crippen molar-refractivity contribution in [2.24, 2.45) is 17.8 Å². The van der Waals surface area contributed by atoms with Gasteiger partial charge in [0.25, 0.3) is 0 Å². The molecule has 4 atom stereocenters. The quantitative estimate of drug-likeness (QED) is 0.124. The van der Waals surface area contributed by atoms with Gasteiger partial charge in [-0.25, -0.2) is 0 Å². The van der Waals surface area contributed by atoms with E-state index >= 15 is 0 Å². The van der Waals surface area contributed by atoms with Gasteiger partial charge in [-0.3, -0.25) is 0 Å². The average molecular weight is 870 g/mol. The molecule has 2 bridgehead atoms. The van der Waals surface area contributed by atoms with E-state index in [0.29, 0.717) is 11.8 Å². The summed E-state index contributed by atoms with van der Waals surface area (Å²) in [6.45, 7) is 4.87. The fourth-order valence-corrected chi connectivity index (χ4v) is 13.6. The van der Waals surface area contributed by atoms with Crippen LogP contribution in [-0.4, -0.2) is 0 Å². The smallest absolute Gasteiger partial charge is 0.0706 e. The minimum atomic E-state index is -0.551. The van der Waals surface area contributed by atoms with Crippen molar-refractivity contribution >= 4 is 59.3 Å². The molecular formula is C64H55NS. The molecule has 9 aromatic carbocycles. The third kappa shape index (κ3) is 6.97. The summed E-state index contributed by atoms with van der Waals surface area (Å²) < 4.78 is 2.67. The summed E-state index contributed by atoms with van der Waals surface area (Å²) in [6.07, 6.45) is 6.84. The van der Waals surface area contributed by atoms with Crippen molar-refractivity contribution in [1.82, 2.24) is 0 Å². The summed E-state index contributed by atoms with van der Waals surface area (Å²) in [5.74, 6) is 2.66. The standard InChI is InChI=1S/C64H55NS/c1-43-16-9-13-25-59(43)64(51-19-5-3-6-20-51,52-21-7-4-8-22-52)60-37-35-54(42-58(60)44(2)50-39-45-28-29-46(38-45)40-50)65(61-26-15-18-48-17-10-11-23-55(48)61)53-33-30-47(31-34-53)49-32-36-57-56-24-12-14-27-62(56)66-63(57)41-49/h3-27,30-37,41-42,44-46,50H,28-29,38-40H2,1-2H3/t44-,45-,46+,50+/m0/s1. The first-order valence-electron chi connectivity index (χ1n) is 24.1. The van der Waals surface area contributed by atoms with Gasteiger partial charge < -0.3 is 4.90 Å². The summed E-state index contributed by atoms with van der Waals surface area (Å²) in [4.78, 5) is 2.53. The molecule has 12 rings (SSSR count). The summed E-state index contributed by atoms with van der Waals surface area (Å²) in [6, 6.07) is 80.1. The summed E-state index contributed by atoms with van der Waals surface area (Å²) in [5, 5.41) is 5.15. The lowest BCUT2D eigenvalue weighted by Gasteiger charge is -2.42. The summed E-state index contributed by atoms with van der Waals surface area (Å²) in [5.41, 5.74) is 13.5. The zero-order valence-electron chi connectivity index (χ0n) is 37.9. The second-order valence-corrected chi connectivity index (χ2v) is 20.4. The molecule has 2 saturated carbocycles. The van der Waals surface area contributed by atoms with Gasteiger partial charge in [0.1, 0.15) is 0 Å². The number of anilines is 3. The van der Waals surface area contributed by atoms with Gasteiger partial charge in [0.15, 0.2) is 0 Å². The van der Waals surface area contributed by atoms with Crippen LogP contribution in [0.1, 0.15) is 78.3 Å². The van der Waals surface area contributed by atoms with Crippen LogP contribution in [0, 0.1) is 24.7 Å². The van der Waals surface area contributed by atoms with Crippen LogP contribution in [0.4, 0.5) is 17.1 Å². The highest BCUT2D eigenvalue weighted by molar-refractivity contribution is 7.25. The van der Waals surface area contributed by atoms with Crippen LogP contribution in [0.15, 0.2) is 212 Å². The minimum absolute atomic E-state index is 0.347. The fourth-order valence-electron chi connectivity index (χ4n) is 12.5. The molecule has 1 aromatic heterocycles. The second-order valence-electron chi connectivity index (χ2n) is 19.3. The number of nitrogens with zero attached hydrogens (tertiary/aromatic N) is 1. The Morgan fingerprint density at radius 2 is 1.09 bits per heavy atom. The molecule has 0 N–H and O–H groups in total. The molecule has 2 aliphatic rings. The number of aryl methyl sites for hydroxylation is 1. The van der Waals surface area contributed by atoms with Crippen LogP contribution in [0.5, 0.6) is 0 Å². The van der Waals surface area contributed by atoms with E-state index in [1.165, 1.54) is 119 Å². The SMILES string of the molecule is Cc1ccccc1C(c1ccccc1)(c1ccccc1)c1ccc(N(c2ccc(-c3ccc4c(c3)sc3ccccc34)cc2)c2cccc3ccccc23)cc1[C@@H](C)[C@H]1C[C@@H]2CC[C@@H](C2)C1. The molecule has 2 aliphatic carbocycles. The molecule has 1 heterocycles. The van der Waals surface area contributed by atoms with Gasteiger partial charge in [-0.2, -0.15) is 0 Å². The normalized spacial score (nSPS) is 17.6. The lowest BCUT2D eigenvalue weighted by atomic mass is 9.61. The lowest BCUT2D eigenvalue weighted by molar-refractivity contribution is 0.233. The lowest BCUT2D eigenvalue weighted by Crippen LogP contribution is -2.34. The van der Waals surface area contributed by atoms with Crippen molar-refractivity contribution in [2.75, 3.05) is 4.90 Å². The highest BCUT2D eigenvalue weighted by Gasteiger charge is 2.44. The number of benzene rings is 9. The highest BCUT2D eigenvalue weighted by Crippen LogP contribution is 2.54. The third-order valence-electron chi connectivity index (χ3n) is 15.6.